The lowest BCUT2D eigenvalue weighted by molar-refractivity contribution is -0.139. The third-order valence-corrected chi connectivity index (χ3v) is 2.70. The first-order valence-electron chi connectivity index (χ1n) is 5.00. The molecular weight excluding hydrogens is 208 g/mol. The first-order chi connectivity index (χ1) is 7.51. The van der Waals surface area contributed by atoms with E-state index in [0.29, 0.717) is 11.3 Å². The van der Waals surface area contributed by atoms with Gasteiger partial charge in [0.25, 0.3) is 0 Å². The molecule has 2 N–H and O–H groups in total. The number of aliphatic hydroxyl groups excluding tert-OH is 1. The van der Waals surface area contributed by atoms with Crippen LogP contribution < -0.4 is 4.74 Å². The number of aliphatic carboxylic acids is 1. The summed E-state index contributed by atoms with van der Waals surface area (Å²) < 4.78 is 5.14. The van der Waals surface area contributed by atoms with Crippen molar-refractivity contribution in [2.75, 3.05) is 13.7 Å². The molecule has 0 aliphatic carbocycles. The molecule has 1 rings (SSSR count). The highest BCUT2D eigenvalue weighted by Crippen LogP contribution is 2.29. The van der Waals surface area contributed by atoms with E-state index in [9.17, 15) is 4.79 Å². The van der Waals surface area contributed by atoms with Gasteiger partial charge in [-0.2, -0.15) is 0 Å². The van der Waals surface area contributed by atoms with Crippen LogP contribution in [0.1, 0.15) is 22.6 Å². The second kappa shape index (κ2) is 4.99. The summed E-state index contributed by atoms with van der Waals surface area (Å²) in [5, 5.41) is 18.1. The van der Waals surface area contributed by atoms with Gasteiger partial charge in [-0.05, 0) is 31.0 Å². The largest absolute Gasteiger partial charge is 0.496 e. The van der Waals surface area contributed by atoms with Crippen LogP contribution in [-0.4, -0.2) is 29.9 Å². The van der Waals surface area contributed by atoms with E-state index in [1.807, 2.05) is 13.8 Å². The number of carboxylic acids is 1. The van der Waals surface area contributed by atoms with Crippen molar-refractivity contribution >= 4 is 5.97 Å². The number of hydrogen-bond donors (Lipinski definition) is 2. The zero-order valence-electron chi connectivity index (χ0n) is 9.65. The zero-order valence-corrected chi connectivity index (χ0v) is 9.65. The van der Waals surface area contributed by atoms with Gasteiger partial charge in [-0.25, -0.2) is 0 Å². The van der Waals surface area contributed by atoms with E-state index in [1.165, 1.54) is 7.11 Å². The molecule has 4 nitrogen and oxygen atoms in total. The first kappa shape index (κ1) is 12.5. The smallest absolute Gasteiger partial charge is 0.313 e. The summed E-state index contributed by atoms with van der Waals surface area (Å²) in [5.74, 6) is -1.48. The standard InChI is InChI=1S/C12H16O4/c1-7-4-9(10(6-13)12(14)15)11(16-3)5-8(7)2/h4-5,10,13H,6H2,1-3H3,(H,14,15). The van der Waals surface area contributed by atoms with Crippen molar-refractivity contribution in [1.82, 2.24) is 0 Å². The molecule has 0 saturated carbocycles. The Bertz CT molecular complexity index is 398. The Labute approximate surface area is 94.5 Å². The number of ether oxygens (including phenoxy) is 1. The van der Waals surface area contributed by atoms with E-state index < -0.39 is 18.5 Å². The van der Waals surface area contributed by atoms with E-state index in [-0.39, 0.29) is 0 Å². The molecule has 0 heterocycles. The highest BCUT2D eigenvalue weighted by Gasteiger charge is 2.23. The number of benzene rings is 1. The molecule has 0 fully saturated rings. The molecule has 0 bridgehead atoms. The molecule has 0 spiro atoms. The number of aliphatic hydroxyl groups is 1. The van der Waals surface area contributed by atoms with Gasteiger partial charge < -0.3 is 14.9 Å². The van der Waals surface area contributed by atoms with Crippen LogP contribution in [-0.2, 0) is 4.79 Å². The van der Waals surface area contributed by atoms with Crippen LogP contribution in [0.4, 0.5) is 0 Å². The number of methoxy groups -OCH3 is 1. The van der Waals surface area contributed by atoms with E-state index in [4.69, 9.17) is 14.9 Å². The molecule has 16 heavy (non-hydrogen) atoms. The van der Waals surface area contributed by atoms with Crippen molar-refractivity contribution in [2.45, 2.75) is 19.8 Å². The maximum absolute atomic E-state index is 11.0. The Kier molecular flexibility index (Phi) is 3.90. The second-order valence-corrected chi connectivity index (χ2v) is 3.75. The van der Waals surface area contributed by atoms with Gasteiger partial charge >= 0.3 is 5.97 Å². The van der Waals surface area contributed by atoms with Crippen molar-refractivity contribution < 1.29 is 19.7 Å². The van der Waals surface area contributed by atoms with Crippen molar-refractivity contribution in [3.8, 4) is 5.75 Å². The van der Waals surface area contributed by atoms with Gasteiger partial charge in [-0.3, -0.25) is 4.79 Å². The number of carboxylic acid groups (broad SMARTS) is 1. The van der Waals surface area contributed by atoms with Crippen LogP contribution in [0.2, 0.25) is 0 Å². The normalized spacial score (nSPS) is 12.2. The van der Waals surface area contributed by atoms with Crippen molar-refractivity contribution in [2.24, 2.45) is 0 Å². The molecular formula is C12H16O4. The molecule has 0 saturated heterocycles. The van der Waals surface area contributed by atoms with Crippen molar-refractivity contribution in [3.05, 3.63) is 28.8 Å². The fourth-order valence-electron chi connectivity index (χ4n) is 1.57. The van der Waals surface area contributed by atoms with E-state index in [2.05, 4.69) is 0 Å². The number of aryl methyl sites for hydroxylation is 2. The molecule has 88 valence electrons. The lowest BCUT2D eigenvalue weighted by Gasteiger charge is -2.16. The van der Waals surface area contributed by atoms with Gasteiger partial charge in [-0.1, -0.05) is 6.07 Å². The fourth-order valence-corrected chi connectivity index (χ4v) is 1.57. The van der Waals surface area contributed by atoms with Crippen LogP contribution >= 0.6 is 0 Å². The quantitative estimate of drug-likeness (QED) is 0.812. The SMILES string of the molecule is COc1cc(C)c(C)cc1C(CO)C(=O)O. The number of hydrogen-bond acceptors (Lipinski definition) is 3. The highest BCUT2D eigenvalue weighted by atomic mass is 16.5. The maximum atomic E-state index is 11.0. The predicted molar refractivity (Wildman–Crippen MR) is 59.9 cm³/mol. The van der Waals surface area contributed by atoms with Gasteiger partial charge in [0.05, 0.1) is 13.7 Å². The summed E-state index contributed by atoms with van der Waals surface area (Å²) in [6.07, 6.45) is 0. The average molecular weight is 224 g/mol. The van der Waals surface area contributed by atoms with Crippen LogP contribution in [0.15, 0.2) is 12.1 Å². The van der Waals surface area contributed by atoms with E-state index in [1.54, 1.807) is 12.1 Å². The molecule has 1 atom stereocenters. The second-order valence-electron chi connectivity index (χ2n) is 3.75. The van der Waals surface area contributed by atoms with Crippen molar-refractivity contribution in [3.63, 3.8) is 0 Å². The van der Waals surface area contributed by atoms with Gasteiger partial charge in [-0.15, -0.1) is 0 Å². The van der Waals surface area contributed by atoms with Crippen LogP contribution in [0.5, 0.6) is 5.75 Å². The summed E-state index contributed by atoms with van der Waals surface area (Å²) >= 11 is 0. The number of rotatable bonds is 4. The minimum atomic E-state index is -1.05. The molecule has 0 aliphatic heterocycles. The zero-order chi connectivity index (χ0) is 12.3. The van der Waals surface area contributed by atoms with Crippen LogP contribution in [0.3, 0.4) is 0 Å². The van der Waals surface area contributed by atoms with Crippen LogP contribution in [0.25, 0.3) is 0 Å². The van der Waals surface area contributed by atoms with E-state index >= 15 is 0 Å². The summed E-state index contributed by atoms with van der Waals surface area (Å²) in [6, 6.07) is 3.54. The minimum absolute atomic E-state index is 0.436. The molecule has 0 amide bonds. The summed E-state index contributed by atoms with van der Waals surface area (Å²) in [6.45, 7) is 3.39. The van der Waals surface area contributed by atoms with Gasteiger partial charge in [0.2, 0.25) is 0 Å². The molecule has 4 heteroatoms. The van der Waals surface area contributed by atoms with Crippen LogP contribution in [0, 0.1) is 13.8 Å². The van der Waals surface area contributed by atoms with Gasteiger partial charge in [0, 0.05) is 5.56 Å². The molecule has 0 aliphatic rings. The molecule has 1 unspecified atom stereocenters. The average Bonchev–Trinajstić information content (AvgIpc) is 2.23. The monoisotopic (exact) mass is 224 g/mol. The maximum Gasteiger partial charge on any atom is 0.313 e. The predicted octanol–water partition coefficient (Wildman–Crippen LogP) is 1.47. The summed E-state index contributed by atoms with van der Waals surface area (Å²) in [5.41, 5.74) is 2.53. The Hall–Kier alpha value is -1.55. The molecule has 0 aromatic heterocycles. The van der Waals surface area contributed by atoms with Crippen molar-refractivity contribution in [1.29, 1.82) is 0 Å². The van der Waals surface area contributed by atoms with Gasteiger partial charge in [0.15, 0.2) is 0 Å². The number of carbonyl (C=O) groups is 1. The lowest BCUT2D eigenvalue weighted by Crippen LogP contribution is -2.16. The summed E-state index contributed by atoms with van der Waals surface area (Å²) in [4.78, 5) is 11.0. The Morgan fingerprint density at radius 1 is 1.38 bits per heavy atom. The first-order valence-corrected chi connectivity index (χ1v) is 5.00. The Morgan fingerprint density at radius 3 is 2.38 bits per heavy atom. The third-order valence-electron chi connectivity index (χ3n) is 2.70. The topological polar surface area (TPSA) is 66.8 Å². The fraction of sp³-hybridized carbons (Fsp3) is 0.417. The highest BCUT2D eigenvalue weighted by molar-refractivity contribution is 5.77. The lowest BCUT2D eigenvalue weighted by atomic mass is 9.95. The van der Waals surface area contributed by atoms with Gasteiger partial charge in [0.1, 0.15) is 11.7 Å². The summed E-state index contributed by atoms with van der Waals surface area (Å²) in [7, 11) is 1.49. The molecule has 1 aromatic carbocycles. The third kappa shape index (κ3) is 2.33. The Morgan fingerprint density at radius 2 is 1.94 bits per heavy atom. The molecule has 1 aromatic rings. The van der Waals surface area contributed by atoms with E-state index in [0.717, 1.165) is 11.1 Å². The molecule has 0 radical (unpaired) electrons. The minimum Gasteiger partial charge on any atom is -0.496 e. The Balaban J connectivity index is 3.30.